The van der Waals surface area contributed by atoms with Crippen molar-refractivity contribution in [3.05, 3.63) is 87.8 Å². The predicted octanol–water partition coefficient (Wildman–Crippen LogP) is 6.35. The number of carboxylic acids is 1. The van der Waals surface area contributed by atoms with Crippen molar-refractivity contribution in [1.29, 1.82) is 5.41 Å². The number of carboxylic acid groups (broad SMARTS) is 1. The zero-order valence-corrected chi connectivity index (χ0v) is 24.8. The normalized spacial score (nSPS) is 14.1. The second-order valence-electron chi connectivity index (χ2n) is 11.7. The molecule has 1 aromatic heterocycles. The number of hydrogen-bond donors (Lipinski definition) is 3. The lowest BCUT2D eigenvalue weighted by Crippen LogP contribution is -2.37. The van der Waals surface area contributed by atoms with Crippen molar-refractivity contribution in [1.82, 2.24) is 9.88 Å². The number of hydrogen-bond acceptors (Lipinski definition) is 7. The predicted molar refractivity (Wildman–Crippen MR) is 162 cm³/mol. The minimum atomic E-state index is -1.27. The van der Waals surface area contributed by atoms with Crippen molar-refractivity contribution in [2.24, 2.45) is 5.41 Å². The first-order valence-electron chi connectivity index (χ1n) is 13.8. The van der Waals surface area contributed by atoms with Gasteiger partial charge in [0, 0.05) is 31.4 Å². The fourth-order valence-corrected chi connectivity index (χ4v) is 5.33. The second kappa shape index (κ2) is 12.6. The van der Waals surface area contributed by atoms with E-state index in [0.29, 0.717) is 18.1 Å². The molecule has 0 bridgehead atoms. The van der Waals surface area contributed by atoms with Crippen LogP contribution in [0.3, 0.4) is 0 Å². The fraction of sp³-hybridized carbons (Fsp3) is 0.364. The SMILES string of the molecule is CO/C(Nc1cccc(-c2cccc(C)c2OCc2ccc3c(c2C)CCN(CC(C)(C)C)C3)n1)=C(/C=N)C(=O)O. The average molecular weight is 557 g/mol. The Hall–Kier alpha value is -4.17. The summed E-state index contributed by atoms with van der Waals surface area (Å²) in [7, 11) is 1.34. The molecule has 0 aliphatic carbocycles. The summed E-state index contributed by atoms with van der Waals surface area (Å²) >= 11 is 0. The fourth-order valence-electron chi connectivity index (χ4n) is 5.33. The van der Waals surface area contributed by atoms with Crippen molar-refractivity contribution < 1.29 is 19.4 Å². The highest BCUT2D eigenvalue weighted by atomic mass is 16.5. The molecule has 0 radical (unpaired) electrons. The van der Waals surface area contributed by atoms with Gasteiger partial charge in [-0.2, -0.15) is 0 Å². The summed E-state index contributed by atoms with van der Waals surface area (Å²) in [4.78, 5) is 18.7. The topological polar surface area (TPSA) is 108 Å². The van der Waals surface area contributed by atoms with Gasteiger partial charge in [0.05, 0.1) is 12.8 Å². The number of rotatable bonds is 10. The van der Waals surface area contributed by atoms with Gasteiger partial charge in [0.1, 0.15) is 23.7 Å². The number of aryl methyl sites for hydroxylation is 1. The average Bonchev–Trinajstić information content (AvgIpc) is 2.92. The van der Waals surface area contributed by atoms with Crippen LogP contribution in [0.5, 0.6) is 5.75 Å². The van der Waals surface area contributed by atoms with Gasteiger partial charge in [-0.05, 0) is 71.7 Å². The summed E-state index contributed by atoms with van der Waals surface area (Å²) in [5.41, 5.74) is 7.78. The molecule has 41 heavy (non-hydrogen) atoms. The number of para-hydroxylation sites is 1. The Morgan fingerprint density at radius 3 is 2.59 bits per heavy atom. The van der Waals surface area contributed by atoms with Crippen LogP contribution in [-0.4, -0.2) is 47.4 Å². The van der Waals surface area contributed by atoms with E-state index in [1.54, 1.807) is 6.07 Å². The Labute approximate surface area is 242 Å². The van der Waals surface area contributed by atoms with E-state index in [9.17, 15) is 9.90 Å². The molecule has 8 nitrogen and oxygen atoms in total. The highest BCUT2D eigenvalue weighted by molar-refractivity contribution is 6.08. The Balaban J connectivity index is 1.57. The number of benzene rings is 2. The molecule has 0 saturated carbocycles. The molecule has 2 heterocycles. The van der Waals surface area contributed by atoms with Gasteiger partial charge < -0.3 is 25.3 Å². The third-order valence-electron chi connectivity index (χ3n) is 7.25. The van der Waals surface area contributed by atoms with Crippen LogP contribution in [0.4, 0.5) is 5.82 Å². The van der Waals surface area contributed by atoms with E-state index >= 15 is 0 Å². The monoisotopic (exact) mass is 556 g/mol. The largest absolute Gasteiger partial charge is 0.488 e. The Morgan fingerprint density at radius 2 is 1.90 bits per heavy atom. The molecule has 0 atom stereocenters. The van der Waals surface area contributed by atoms with Crippen molar-refractivity contribution in [3.63, 3.8) is 0 Å². The molecule has 1 aliphatic rings. The maximum atomic E-state index is 11.5. The minimum Gasteiger partial charge on any atom is -0.488 e. The highest BCUT2D eigenvalue weighted by Gasteiger charge is 2.23. The molecule has 3 aromatic rings. The van der Waals surface area contributed by atoms with Gasteiger partial charge >= 0.3 is 5.97 Å². The molecule has 0 fully saturated rings. The highest BCUT2D eigenvalue weighted by Crippen LogP contribution is 2.34. The van der Waals surface area contributed by atoms with E-state index in [1.165, 1.54) is 29.4 Å². The van der Waals surface area contributed by atoms with Crippen LogP contribution in [0.25, 0.3) is 11.3 Å². The van der Waals surface area contributed by atoms with Crippen LogP contribution in [0, 0.1) is 24.7 Å². The third-order valence-corrected chi connectivity index (χ3v) is 7.25. The van der Waals surface area contributed by atoms with Gasteiger partial charge in [0.2, 0.25) is 5.88 Å². The van der Waals surface area contributed by atoms with E-state index in [4.69, 9.17) is 19.9 Å². The second-order valence-corrected chi connectivity index (χ2v) is 11.7. The summed E-state index contributed by atoms with van der Waals surface area (Å²) in [6, 6.07) is 15.8. The summed E-state index contributed by atoms with van der Waals surface area (Å²) in [6.45, 7) is 14.7. The first kappa shape index (κ1) is 29.8. The van der Waals surface area contributed by atoms with E-state index in [2.05, 4.69) is 50.0 Å². The number of nitrogens with zero attached hydrogens (tertiary/aromatic N) is 2. The van der Waals surface area contributed by atoms with E-state index in [0.717, 1.165) is 49.1 Å². The molecule has 216 valence electrons. The number of aromatic nitrogens is 1. The van der Waals surface area contributed by atoms with Crippen LogP contribution >= 0.6 is 0 Å². The minimum absolute atomic E-state index is 0.0673. The summed E-state index contributed by atoms with van der Waals surface area (Å²) in [6.07, 6.45) is 1.78. The molecule has 3 N–H and O–H groups in total. The number of fused-ring (bicyclic) bond motifs is 1. The maximum Gasteiger partial charge on any atom is 0.342 e. The number of pyridine rings is 1. The van der Waals surface area contributed by atoms with Gasteiger partial charge in [-0.25, -0.2) is 9.78 Å². The van der Waals surface area contributed by atoms with Crippen LogP contribution in [-0.2, 0) is 29.1 Å². The molecule has 8 heteroatoms. The van der Waals surface area contributed by atoms with Gasteiger partial charge in [-0.15, -0.1) is 0 Å². The molecule has 1 aliphatic heterocycles. The van der Waals surface area contributed by atoms with Crippen LogP contribution in [0.15, 0.2) is 60.0 Å². The van der Waals surface area contributed by atoms with Crippen LogP contribution in [0.2, 0.25) is 0 Å². The molecule has 0 amide bonds. The first-order chi connectivity index (χ1) is 19.5. The lowest BCUT2D eigenvalue weighted by molar-refractivity contribution is -0.132. The van der Waals surface area contributed by atoms with Gasteiger partial charge in [0.25, 0.3) is 0 Å². The number of aliphatic carboxylic acids is 1. The van der Waals surface area contributed by atoms with Gasteiger partial charge in [-0.1, -0.05) is 51.1 Å². The molecular weight excluding hydrogens is 516 g/mol. The Bertz CT molecular complexity index is 1470. The summed E-state index contributed by atoms with van der Waals surface area (Å²) in [5.74, 6) is -0.200. The summed E-state index contributed by atoms with van der Waals surface area (Å²) in [5, 5.41) is 19.7. The molecule has 0 saturated heterocycles. The van der Waals surface area contributed by atoms with Gasteiger partial charge in [-0.3, -0.25) is 4.90 Å². The van der Waals surface area contributed by atoms with Crippen molar-refractivity contribution in [2.45, 2.75) is 54.2 Å². The smallest absolute Gasteiger partial charge is 0.342 e. The van der Waals surface area contributed by atoms with Crippen LogP contribution < -0.4 is 10.1 Å². The quantitative estimate of drug-likeness (QED) is 0.152. The zero-order chi connectivity index (χ0) is 29.7. The molecular formula is C33H40N4O4. The Morgan fingerprint density at radius 1 is 1.15 bits per heavy atom. The number of methoxy groups -OCH3 is 1. The number of anilines is 1. The molecule has 0 spiro atoms. The molecule has 0 unspecified atom stereocenters. The molecule has 4 rings (SSSR count). The van der Waals surface area contributed by atoms with Crippen LogP contribution in [0.1, 0.15) is 48.6 Å². The number of carbonyl (C=O) groups is 1. The standard InChI is InChI=1S/C33H40N4O4/c1-21-9-7-10-26(28-11-8-12-29(35-28)36-31(40-6)27(17-34)32(38)39)30(21)41-19-24-14-13-23-18-37(20-33(3,4)5)16-15-25(23)22(24)2/h7-14,17,34H,15-16,18-20H2,1-6H3,(H,35,36)(H,38,39)/b31-27-,34-17?. The van der Waals surface area contributed by atoms with Gasteiger partial charge in [0.15, 0.2) is 0 Å². The zero-order valence-electron chi connectivity index (χ0n) is 24.8. The number of ether oxygens (including phenoxy) is 2. The van der Waals surface area contributed by atoms with Crippen molar-refractivity contribution >= 4 is 18.0 Å². The maximum absolute atomic E-state index is 11.5. The molecule has 2 aromatic carbocycles. The van der Waals surface area contributed by atoms with E-state index < -0.39 is 5.97 Å². The van der Waals surface area contributed by atoms with Crippen molar-refractivity contribution in [2.75, 3.05) is 25.5 Å². The summed E-state index contributed by atoms with van der Waals surface area (Å²) < 4.78 is 11.7. The lowest BCUT2D eigenvalue weighted by Gasteiger charge is -2.34. The first-order valence-corrected chi connectivity index (χ1v) is 13.8. The number of nitrogens with one attached hydrogen (secondary N) is 2. The van der Waals surface area contributed by atoms with E-state index in [-0.39, 0.29) is 16.9 Å². The van der Waals surface area contributed by atoms with E-state index in [1.807, 2.05) is 37.3 Å². The lowest BCUT2D eigenvalue weighted by atomic mass is 9.90. The third kappa shape index (κ3) is 7.13. The Kier molecular flexibility index (Phi) is 9.13. The van der Waals surface area contributed by atoms with Crippen molar-refractivity contribution in [3.8, 4) is 17.0 Å².